The van der Waals surface area contributed by atoms with E-state index in [1.807, 2.05) is 6.92 Å². The average molecular weight is 235 g/mol. The van der Waals surface area contributed by atoms with Gasteiger partial charge in [0.15, 0.2) is 0 Å². The molecule has 2 atom stereocenters. The Balaban J connectivity index is 1.97. The zero-order valence-electron chi connectivity index (χ0n) is 9.79. The summed E-state index contributed by atoms with van der Waals surface area (Å²) in [6.07, 6.45) is 4.01. The molecule has 1 fully saturated rings. The quantitative estimate of drug-likeness (QED) is 0.875. The number of nitrogens with one attached hydrogen (secondary N) is 1. The van der Waals surface area contributed by atoms with Crippen LogP contribution in [0.1, 0.15) is 37.4 Å². The second kappa shape index (κ2) is 4.84. The molecule has 1 aromatic heterocycles. The Hall–Kier alpha value is -1.08. The van der Waals surface area contributed by atoms with Crippen molar-refractivity contribution in [1.29, 1.82) is 5.26 Å². The smallest absolute Gasteiger partial charge is 0.127 e. The number of nitriles is 1. The molecule has 4 heteroatoms. The van der Waals surface area contributed by atoms with Crippen molar-refractivity contribution in [2.24, 2.45) is 11.8 Å². The molecule has 0 amide bonds. The Morgan fingerprint density at radius 3 is 3.00 bits per heavy atom. The Bertz CT molecular complexity index is 405. The predicted octanol–water partition coefficient (Wildman–Crippen LogP) is 3.17. The molecule has 86 valence electrons. The molecule has 1 N–H and O–H groups in total. The molecular formula is C12H17N3S. The minimum atomic E-state index is 0.718. The summed E-state index contributed by atoms with van der Waals surface area (Å²) in [5.41, 5.74) is 1.56. The number of hydrogen-bond acceptors (Lipinski definition) is 4. The first-order valence-electron chi connectivity index (χ1n) is 5.82. The molecule has 0 aromatic carbocycles. The molecule has 16 heavy (non-hydrogen) atoms. The molecule has 0 aliphatic heterocycles. The lowest BCUT2D eigenvalue weighted by Crippen LogP contribution is -2.16. The van der Waals surface area contributed by atoms with E-state index in [1.54, 1.807) is 0 Å². The SMILES string of the molecule is Cc1nsc(NCC2CCCC2C)c1C#N. The van der Waals surface area contributed by atoms with Gasteiger partial charge >= 0.3 is 0 Å². The molecule has 1 aromatic rings. The second-order valence-electron chi connectivity index (χ2n) is 4.63. The van der Waals surface area contributed by atoms with Crippen LogP contribution in [0.15, 0.2) is 0 Å². The zero-order valence-corrected chi connectivity index (χ0v) is 10.6. The fourth-order valence-electron chi connectivity index (χ4n) is 2.37. The highest BCUT2D eigenvalue weighted by Crippen LogP contribution is 2.32. The average Bonchev–Trinajstić information content (AvgIpc) is 2.82. The zero-order chi connectivity index (χ0) is 11.5. The molecule has 2 unspecified atom stereocenters. The molecule has 1 aliphatic carbocycles. The molecule has 1 saturated carbocycles. The second-order valence-corrected chi connectivity index (χ2v) is 5.41. The normalized spacial score (nSPS) is 24.3. The van der Waals surface area contributed by atoms with Gasteiger partial charge in [-0.3, -0.25) is 0 Å². The highest BCUT2D eigenvalue weighted by atomic mass is 32.1. The van der Waals surface area contributed by atoms with Gasteiger partial charge in [0.1, 0.15) is 16.6 Å². The van der Waals surface area contributed by atoms with Crippen LogP contribution in [0.2, 0.25) is 0 Å². The molecule has 0 bridgehead atoms. The topological polar surface area (TPSA) is 48.7 Å². The van der Waals surface area contributed by atoms with Crippen LogP contribution < -0.4 is 5.32 Å². The van der Waals surface area contributed by atoms with E-state index in [4.69, 9.17) is 5.26 Å². The summed E-state index contributed by atoms with van der Waals surface area (Å²) in [4.78, 5) is 0. The predicted molar refractivity (Wildman–Crippen MR) is 66.6 cm³/mol. The van der Waals surface area contributed by atoms with Crippen LogP contribution >= 0.6 is 11.5 Å². The highest BCUT2D eigenvalue weighted by Gasteiger charge is 2.23. The van der Waals surface area contributed by atoms with Crippen molar-refractivity contribution in [1.82, 2.24) is 4.37 Å². The maximum absolute atomic E-state index is 9.01. The van der Waals surface area contributed by atoms with Gasteiger partial charge in [0, 0.05) is 6.54 Å². The van der Waals surface area contributed by atoms with Crippen molar-refractivity contribution >= 4 is 16.5 Å². The van der Waals surface area contributed by atoms with E-state index in [0.717, 1.165) is 34.6 Å². The van der Waals surface area contributed by atoms with E-state index in [9.17, 15) is 0 Å². The van der Waals surface area contributed by atoms with Crippen LogP contribution in [0.5, 0.6) is 0 Å². The van der Waals surface area contributed by atoms with Gasteiger partial charge in [0.05, 0.1) is 5.69 Å². The number of anilines is 1. The summed E-state index contributed by atoms with van der Waals surface area (Å²) in [5, 5.41) is 13.3. The lowest BCUT2D eigenvalue weighted by atomic mass is 9.98. The Morgan fingerprint density at radius 2 is 2.38 bits per heavy atom. The van der Waals surface area contributed by atoms with E-state index in [1.165, 1.54) is 30.8 Å². The van der Waals surface area contributed by atoms with Crippen molar-refractivity contribution in [2.45, 2.75) is 33.1 Å². The fourth-order valence-corrected chi connectivity index (χ4v) is 3.12. The number of hydrogen-bond donors (Lipinski definition) is 1. The van der Waals surface area contributed by atoms with Gasteiger partial charge in [-0.25, -0.2) is 0 Å². The van der Waals surface area contributed by atoms with Gasteiger partial charge in [-0.05, 0) is 36.7 Å². The summed E-state index contributed by atoms with van der Waals surface area (Å²) < 4.78 is 4.21. The monoisotopic (exact) mass is 235 g/mol. The van der Waals surface area contributed by atoms with Crippen LogP contribution in [0, 0.1) is 30.1 Å². The Morgan fingerprint density at radius 1 is 1.56 bits per heavy atom. The maximum Gasteiger partial charge on any atom is 0.127 e. The Labute approximate surface area is 101 Å². The number of rotatable bonds is 3. The van der Waals surface area contributed by atoms with Crippen molar-refractivity contribution < 1.29 is 0 Å². The third kappa shape index (κ3) is 2.19. The molecular weight excluding hydrogens is 218 g/mol. The van der Waals surface area contributed by atoms with Crippen molar-refractivity contribution in [3.05, 3.63) is 11.3 Å². The summed E-state index contributed by atoms with van der Waals surface area (Å²) in [5.74, 6) is 1.57. The largest absolute Gasteiger partial charge is 0.374 e. The van der Waals surface area contributed by atoms with Crippen LogP contribution in [0.25, 0.3) is 0 Å². The van der Waals surface area contributed by atoms with Crippen LogP contribution in [0.4, 0.5) is 5.00 Å². The molecule has 0 saturated heterocycles. The summed E-state index contributed by atoms with van der Waals surface area (Å²) >= 11 is 1.40. The summed E-state index contributed by atoms with van der Waals surface area (Å²) in [6.45, 7) is 5.19. The molecule has 1 aliphatic rings. The Kier molecular flexibility index (Phi) is 3.45. The van der Waals surface area contributed by atoms with Gasteiger partial charge in [0.2, 0.25) is 0 Å². The van der Waals surface area contributed by atoms with Gasteiger partial charge in [-0.1, -0.05) is 19.8 Å². The van der Waals surface area contributed by atoms with E-state index < -0.39 is 0 Å². The maximum atomic E-state index is 9.01. The van der Waals surface area contributed by atoms with Crippen LogP contribution in [-0.4, -0.2) is 10.9 Å². The third-order valence-corrected chi connectivity index (χ3v) is 4.43. The lowest BCUT2D eigenvalue weighted by Gasteiger charge is -2.15. The van der Waals surface area contributed by atoms with E-state index in [0.29, 0.717) is 0 Å². The first-order valence-corrected chi connectivity index (χ1v) is 6.60. The fraction of sp³-hybridized carbons (Fsp3) is 0.667. The number of aryl methyl sites for hydroxylation is 1. The molecule has 0 spiro atoms. The summed E-state index contributed by atoms with van der Waals surface area (Å²) in [6, 6.07) is 2.22. The lowest BCUT2D eigenvalue weighted by molar-refractivity contribution is 0.440. The van der Waals surface area contributed by atoms with E-state index in [-0.39, 0.29) is 0 Å². The molecule has 0 radical (unpaired) electrons. The standard InChI is InChI=1S/C12H17N3S/c1-8-4-3-5-10(8)7-14-12-11(6-13)9(2)15-16-12/h8,10,14H,3-5,7H2,1-2H3. The first-order chi connectivity index (χ1) is 7.72. The third-order valence-electron chi connectivity index (χ3n) is 3.54. The van der Waals surface area contributed by atoms with Crippen LogP contribution in [0.3, 0.4) is 0 Å². The summed E-state index contributed by atoms with van der Waals surface area (Å²) in [7, 11) is 0. The minimum Gasteiger partial charge on any atom is -0.374 e. The molecule has 3 nitrogen and oxygen atoms in total. The first kappa shape index (κ1) is 11.4. The van der Waals surface area contributed by atoms with E-state index in [2.05, 4.69) is 22.7 Å². The van der Waals surface area contributed by atoms with Gasteiger partial charge in [-0.2, -0.15) is 9.64 Å². The molecule has 2 rings (SSSR count). The number of aromatic nitrogens is 1. The van der Waals surface area contributed by atoms with Crippen LogP contribution in [-0.2, 0) is 0 Å². The van der Waals surface area contributed by atoms with Gasteiger partial charge < -0.3 is 5.32 Å². The van der Waals surface area contributed by atoms with E-state index >= 15 is 0 Å². The van der Waals surface area contributed by atoms with Gasteiger partial charge in [0.25, 0.3) is 0 Å². The van der Waals surface area contributed by atoms with Crippen molar-refractivity contribution in [3.63, 3.8) is 0 Å². The van der Waals surface area contributed by atoms with Crippen molar-refractivity contribution in [3.8, 4) is 6.07 Å². The minimum absolute atomic E-state index is 0.718. The van der Waals surface area contributed by atoms with Crippen molar-refractivity contribution in [2.75, 3.05) is 11.9 Å². The highest BCUT2D eigenvalue weighted by molar-refractivity contribution is 7.10. The van der Waals surface area contributed by atoms with Gasteiger partial charge in [-0.15, -0.1) is 0 Å². The molecule has 1 heterocycles. The number of nitrogens with zero attached hydrogens (tertiary/aromatic N) is 2.